The molecule has 0 amide bonds. The summed E-state index contributed by atoms with van der Waals surface area (Å²) >= 11 is 0. The Hall–Kier alpha value is -2.25. The largest absolute Gasteiger partial charge is 0.494 e. The lowest BCUT2D eigenvalue weighted by atomic mass is 9.62. The first-order chi connectivity index (χ1) is 10.4. The Balaban J connectivity index is 2.59. The van der Waals surface area contributed by atoms with Gasteiger partial charge in [-0.1, -0.05) is 0 Å². The fraction of sp³-hybridized carbons (Fsp3) is 0.143. The molecule has 0 radical (unpaired) electrons. The molecule has 0 aromatic heterocycles. The van der Waals surface area contributed by atoms with E-state index in [4.69, 9.17) is 0 Å². The average Bonchev–Trinajstić information content (AvgIpc) is 2.50. The summed E-state index contributed by atoms with van der Waals surface area (Å²) in [6.07, 6.45) is 0. The molecule has 0 fully saturated rings. The number of ether oxygens (including phenoxy) is 2. The molecule has 0 heterocycles. The lowest BCUT2D eigenvalue weighted by molar-refractivity contribution is 0.379. The van der Waals surface area contributed by atoms with Gasteiger partial charge in [0.15, 0.2) is 34.8 Å². The maximum atomic E-state index is 14.0. The molecule has 0 saturated heterocycles. The Labute approximate surface area is 123 Å². The molecule has 0 bridgehead atoms. The SMILES string of the molecule is COc1ccc(F)c(Bc2c(F)c(F)cc(OC)c2F)c1F. The summed E-state index contributed by atoms with van der Waals surface area (Å²) in [6, 6.07) is 2.45. The molecule has 0 spiro atoms. The maximum Gasteiger partial charge on any atom is 0.208 e. The van der Waals surface area contributed by atoms with Crippen LogP contribution in [-0.2, 0) is 0 Å². The minimum atomic E-state index is -1.53. The highest BCUT2D eigenvalue weighted by Crippen LogP contribution is 2.19. The first-order valence-corrected chi connectivity index (χ1v) is 6.11. The lowest BCUT2D eigenvalue weighted by Crippen LogP contribution is -2.37. The zero-order valence-electron chi connectivity index (χ0n) is 11.6. The predicted molar refractivity (Wildman–Crippen MR) is 72.2 cm³/mol. The van der Waals surface area contributed by atoms with Gasteiger partial charge in [-0.2, -0.15) is 0 Å². The van der Waals surface area contributed by atoms with E-state index in [1.165, 1.54) is 0 Å². The fourth-order valence-corrected chi connectivity index (χ4v) is 2.01. The third-order valence-corrected chi connectivity index (χ3v) is 3.16. The van der Waals surface area contributed by atoms with Crippen molar-refractivity contribution in [1.82, 2.24) is 0 Å². The summed E-state index contributed by atoms with van der Waals surface area (Å²) in [5.41, 5.74) is -1.47. The van der Waals surface area contributed by atoms with E-state index in [0.29, 0.717) is 6.07 Å². The van der Waals surface area contributed by atoms with Gasteiger partial charge in [0.2, 0.25) is 7.28 Å². The van der Waals surface area contributed by atoms with Gasteiger partial charge in [-0.25, -0.2) is 22.0 Å². The van der Waals surface area contributed by atoms with Gasteiger partial charge < -0.3 is 9.47 Å². The molecule has 0 atom stereocenters. The van der Waals surface area contributed by atoms with Gasteiger partial charge >= 0.3 is 0 Å². The van der Waals surface area contributed by atoms with Crippen molar-refractivity contribution in [3.05, 3.63) is 47.3 Å². The second-order valence-electron chi connectivity index (χ2n) is 4.39. The first-order valence-electron chi connectivity index (χ1n) is 6.11. The molecule has 2 aromatic rings. The summed E-state index contributed by atoms with van der Waals surface area (Å²) in [4.78, 5) is 0. The minimum Gasteiger partial charge on any atom is -0.494 e. The maximum absolute atomic E-state index is 14.0. The average molecular weight is 316 g/mol. The second-order valence-corrected chi connectivity index (χ2v) is 4.39. The lowest BCUT2D eigenvalue weighted by Gasteiger charge is -2.11. The number of rotatable bonds is 4. The van der Waals surface area contributed by atoms with Crippen molar-refractivity contribution < 1.29 is 31.4 Å². The zero-order valence-corrected chi connectivity index (χ0v) is 11.6. The Morgan fingerprint density at radius 1 is 0.727 bits per heavy atom. The molecule has 0 aliphatic heterocycles. The van der Waals surface area contributed by atoms with Gasteiger partial charge in [-0.3, -0.25) is 0 Å². The van der Waals surface area contributed by atoms with Crippen LogP contribution in [0, 0.1) is 29.1 Å². The first kappa shape index (κ1) is 16.1. The molecule has 2 nitrogen and oxygen atoms in total. The van der Waals surface area contributed by atoms with Crippen molar-refractivity contribution in [1.29, 1.82) is 0 Å². The predicted octanol–water partition coefficient (Wildman–Crippen LogP) is 1.79. The van der Waals surface area contributed by atoms with Crippen molar-refractivity contribution in [2.24, 2.45) is 0 Å². The molecule has 0 unspecified atom stereocenters. The van der Waals surface area contributed by atoms with E-state index in [-0.39, 0.29) is 5.75 Å². The van der Waals surface area contributed by atoms with Crippen LogP contribution in [0.1, 0.15) is 0 Å². The van der Waals surface area contributed by atoms with E-state index in [9.17, 15) is 22.0 Å². The van der Waals surface area contributed by atoms with E-state index < -0.39 is 53.0 Å². The Morgan fingerprint density at radius 3 is 1.91 bits per heavy atom. The standard InChI is InChI=1S/C14H10BF5O2/c1-21-8-4-3-6(16)10(13(8)19)15-11-12(18)7(17)5-9(22-2)14(11)20/h3-5,15H,1-2H3. The molecule has 8 heteroatoms. The van der Waals surface area contributed by atoms with Crippen molar-refractivity contribution in [3.63, 3.8) is 0 Å². The zero-order chi connectivity index (χ0) is 16.4. The molecule has 0 aliphatic rings. The third-order valence-electron chi connectivity index (χ3n) is 3.16. The van der Waals surface area contributed by atoms with Gasteiger partial charge in [0.25, 0.3) is 0 Å². The van der Waals surface area contributed by atoms with Crippen LogP contribution >= 0.6 is 0 Å². The number of halogens is 5. The molecule has 116 valence electrons. The van der Waals surface area contributed by atoms with E-state index in [1.807, 2.05) is 0 Å². The second kappa shape index (κ2) is 6.25. The summed E-state index contributed by atoms with van der Waals surface area (Å²) < 4.78 is 78.2. The third kappa shape index (κ3) is 2.73. The van der Waals surface area contributed by atoms with Gasteiger partial charge in [-0.05, 0) is 23.1 Å². The topological polar surface area (TPSA) is 18.5 Å². The number of hydrogen-bond acceptors (Lipinski definition) is 2. The van der Waals surface area contributed by atoms with Crippen LogP contribution in [-0.4, -0.2) is 21.5 Å². The number of hydrogen-bond donors (Lipinski definition) is 0. The van der Waals surface area contributed by atoms with E-state index in [2.05, 4.69) is 9.47 Å². The van der Waals surface area contributed by atoms with Gasteiger partial charge in [0.1, 0.15) is 5.82 Å². The van der Waals surface area contributed by atoms with Crippen LogP contribution < -0.4 is 20.4 Å². The Bertz CT molecular complexity index is 721. The highest BCUT2D eigenvalue weighted by molar-refractivity contribution is 6.67. The van der Waals surface area contributed by atoms with Crippen LogP contribution in [0.15, 0.2) is 18.2 Å². The minimum absolute atomic E-state index is 0.291. The molecule has 2 aromatic carbocycles. The highest BCUT2D eigenvalue weighted by atomic mass is 19.2. The van der Waals surface area contributed by atoms with Crippen LogP contribution in [0.4, 0.5) is 22.0 Å². The Kier molecular flexibility index (Phi) is 4.58. The fourth-order valence-electron chi connectivity index (χ4n) is 2.01. The monoisotopic (exact) mass is 316 g/mol. The summed E-state index contributed by atoms with van der Waals surface area (Å²) in [7, 11) is 1.39. The molecule has 2 rings (SSSR count). The number of methoxy groups -OCH3 is 2. The van der Waals surface area contributed by atoms with Crippen LogP contribution in [0.2, 0.25) is 0 Å². The van der Waals surface area contributed by atoms with Crippen LogP contribution in [0.5, 0.6) is 11.5 Å². The number of benzene rings is 2. The van der Waals surface area contributed by atoms with Gasteiger partial charge in [-0.15, -0.1) is 0 Å². The van der Waals surface area contributed by atoms with Gasteiger partial charge in [0.05, 0.1) is 14.2 Å². The van der Waals surface area contributed by atoms with Crippen molar-refractivity contribution in [3.8, 4) is 11.5 Å². The highest BCUT2D eigenvalue weighted by Gasteiger charge is 2.24. The van der Waals surface area contributed by atoms with E-state index >= 15 is 0 Å². The summed E-state index contributed by atoms with van der Waals surface area (Å²) in [5, 5.41) is 0. The van der Waals surface area contributed by atoms with Crippen molar-refractivity contribution >= 4 is 18.2 Å². The molecular formula is C14H10BF5O2. The van der Waals surface area contributed by atoms with Crippen LogP contribution in [0.25, 0.3) is 0 Å². The Morgan fingerprint density at radius 2 is 1.32 bits per heavy atom. The quantitative estimate of drug-likeness (QED) is 0.486. The molecule has 0 aliphatic carbocycles. The van der Waals surface area contributed by atoms with E-state index in [1.54, 1.807) is 0 Å². The summed E-state index contributed by atoms with van der Waals surface area (Å²) in [6.45, 7) is 0. The van der Waals surface area contributed by atoms with E-state index in [0.717, 1.165) is 26.4 Å². The van der Waals surface area contributed by atoms with Crippen molar-refractivity contribution in [2.75, 3.05) is 14.2 Å². The molecular weight excluding hydrogens is 306 g/mol. The van der Waals surface area contributed by atoms with Crippen LogP contribution in [0.3, 0.4) is 0 Å². The molecule has 0 saturated carbocycles. The normalized spacial score (nSPS) is 10.5. The smallest absolute Gasteiger partial charge is 0.208 e. The van der Waals surface area contributed by atoms with Gasteiger partial charge in [0, 0.05) is 6.07 Å². The molecule has 22 heavy (non-hydrogen) atoms. The molecule has 0 N–H and O–H groups in total. The van der Waals surface area contributed by atoms with Crippen molar-refractivity contribution in [2.45, 2.75) is 0 Å². The summed E-state index contributed by atoms with van der Waals surface area (Å²) in [5.74, 6) is -7.11.